The number of anilines is 1. The Morgan fingerprint density at radius 3 is 2.78 bits per heavy atom. The van der Waals surface area contributed by atoms with Crippen LogP contribution in [0.1, 0.15) is 24.3 Å². The van der Waals surface area contributed by atoms with Gasteiger partial charge in [-0.1, -0.05) is 11.2 Å². The summed E-state index contributed by atoms with van der Waals surface area (Å²) in [5, 5.41) is 9.13. The van der Waals surface area contributed by atoms with Gasteiger partial charge in [-0.15, -0.1) is 11.8 Å². The van der Waals surface area contributed by atoms with Crippen molar-refractivity contribution in [3.05, 3.63) is 41.9 Å². The number of thioether (sulfide) groups is 1. The van der Waals surface area contributed by atoms with Gasteiger partial charge < -0.3 is 15.2 Å². The third-order valence-electron chi connectivity index (χ3n) is 2.92. The van der Waals surface area contributed by atoms with Crippen LogP contribution in [0.4, 0.5) is 5.82 Å². The maximum absolute atomic E-state index is 11.9. The number of hydrogen-bond donors (Lipinski definition) is 2. The zero-order valence-electron chi connectivity index (χ0n) is 12.9. The number of carbonyl (C=O) groups is 2. The fraction of sp³-hybridized carbons (Fsp3) is 0.333. The third-order valence-corrected chi connectivity index (χ3v) is 3.86. The van der Waals surface area contributed by atoms with E-state index in [1.165, 1.54) is 11.8 Å². The van der Waals surface area contributed by atoms with E-state index >= 15 is 0 Å². The second kappa shape index (κ2) is 8.33. The molecule has 0 aliphatic rings. The van der Waals surface area contributed by atoms with Crippen molar-refractivity contribution in [2.75, 3.05) is 16.8 Å². The predicted octanol–water partition coefficient (Wildman–Crippen LogP) is 1.93. The van der Waals surface area contributed by atoms with Gasteiger partial charge in [0.1, 0.15) is 5.76 Å². The molecule has 2 heterocycles. The van der Waals surface area contributed by atoms with Crippen LogP contribution < -0.4 is 10.6 Å². The molecule has 2 N–H and O–H groups in total. The van der Waals surface area contributed by atoms with Crippen molar-refractivity contribution in [1.29, 1.82) is 0 Å². The summed E-state index contributed by atoms with van der Waals surface area (Å²) >= 11 is 1.23. The van der Waals surface area contributed by atoms with Crippen LogP contribution in [-0.4, -0.2) is 33.5 Å². The van der Waals surface area contributed by atoms with Crippen LogP contribution >= 0.6 is 11.8 Å². The molecule has 0 aliphatic carbocycles. The van der Waals surface area contributed by atoms with E-state index in [9.17, 15) is 9.59 Å². The van der Waals surface area contributed by atoms with Crippen LogP contribution in [0, 0.1) is 6.92 Å². The first-order valence-corrected chi connectivity index (χ1v) is 8.20. The van der Waals surface area contributed by atoms with Gasteiger partial charge in [-0.25, -0.2) is 0 Å². The molecule has 7 nitrogen and oxygen atoms in total. The molecule has 0 saturated heterocycles. The van der Waals surface area contributed by atoms with Crippen LogP contribution in [-0.2, 0) is 9.59 Å². The molecule has 0 aliphatic heterocycles. The van der Waals surface area contributed by atoms with Gasteiger partial charge in [0.05, 0.1) is 17.5 Å². The standard InChI is InChI=1S/C15H18N4O3S/c1-10-6-13(19-22-10)18-15(21)9-23-8-14(20)17-11(2)12-4-3-5-16-7-12/h3-7,11H,8-9H2,1-2H3,(H,17,20)(H,18,19,21). The van der Waals surface area contributed by atoms with Gasteiger partial charge in [-0.3, -0.25) is 14.6 Å². The largest absolute Gasteiger partial charge is 0.360 e. The highest BCUT2D eigenvalue weighted by molar-refractivity contribution is 8.00. The number of aryl methyl sites for hydroxylation is 1. The summed E-state index contributed by atoms with van der Waals surface area (Å²) in [6.45, 7) is 3.63. The van der Waals surface area contributed by atoms with E-state index in [0.717, 1.165) is 5.56 Å². The van der Waals surface area contributed by atoms with Gasteiger partial charge in [0.15, 0.2) is 5.82 Å². The summed E-state index contributed by atoms with van der Waals surface area (Å²) in [6, 6.07) is 5.23. The highest BCUT2D eigenvalue weighted by atomic mass is 32.2. The zero-order valence-corrected chi connectivity index (χ0v) is 13.7. The van der Waals surface area contributed by atoms with Crippen molar-refractivity contribution < 1.29 is 14.1 Å². The lowest BCUT2D eigenvalue weighted by molar-refractivity contribution is -0.119. The monoisotopic (exact) mass is 334 g/mol. The smallest absolute Gasteiger partial charge is 0.235 e. The lowest BCUT2D eigenvalue weighted by atomic mass is 10.1. The number of carbonyl (C=O) groups excluding carboxylic acids is 2. The molecule has 2 aromatic rings. The molecule has 2 aromatic heterocycles. The van der Waals surface area contributed by atoms with Crippen LogP contribution in [0.5, 0.6) is 0 Å². The number of nitrogens with one attached hydrogen (secondary N) is 2. The van der Waals surface area contributed by atoms with Crippen molar-refractivity contribution in [3.8, 4) is 0 Å². The molecule has 0 bridgehead atoms. The fourth-order valence-corrected chi connectivity index (χ4v) is 2.47. The van der Waals surface area contributed by atoms with E-state index in [1.807, 2.05) is 19.1 Å². The molecule has 122 valence electrons. The Balaban J connectivity index is 1.67. The van der Waals surface area contributed by atoms with Crippen molar-refractivity contribution in [2.45, 2.75) is 19.9 Å². The number of pyridine rings is 1. The maximum atomic E-state index is 11.9. The van der Waals surface area contributed by atoms with Crippen molar-refractivity contribution in [3.63, 3.8) is 0 Å². The summed E-state index contributed by atoms with van der Waals surface area (Å²) in [5.74, 6) is 1.02. The van der Waals surface area contributed by atoms with Gasteiger partial charge in [0, 0.05) is 18.5 Å². The summed E-state index contributed by atoms with van der Waals surface area (Å²) in [6.07, 6.45) is 3.40. The minimum atomic E-state index is -0.226. The topological polar surface area (TPSA) is 97.1 Å². The first-order valence-electron chi connectivity index (χ1n) is 7.05. The molecule has 2 amide bonds. The Bertz CT molecular complexity index is 660. The van der Waals surface area contributed by atoms with Gasteiger partial charge in [0.25, 0.3) is 0 Å². The number of rotatable bonds is 7. The van der Waals surface area contributed by atoms with Gasteiger partial charge in [-0.05, 0) is 25.5 Å². The molecular weight excluding hydrogens is 316 g/mol. The summed E-state index contributed by atoms with van der Waals surface area (Å²) in [5.41, 5.74) is 0.935. The molecule has 0 aromatic carbocycles. The molecular formula is C15H18N4O3S. The molecule has 0 spiro atoms. The minimum absolute atomic E-state index is 0.122. The van der Waals surface area contributed by atoms with E-state index in [-0.39, 0.29) is 29.4 Å². The molecule has 1 unspecified atom stereocenters. The molecule has 0 saturated carbocycles. The quantitative estimate of drug-likeness (QED) is 0.803. The van der Waals surface area contributed by atoms with Crippen LogP contribution in [0.3, 0.4) is 0 Å². The van der Waals surface area contributed by atoms with Crippen molar-refractivity contribution in [1.82, 2.24) is 15.5 Å². The highest BCUT2D eigenvalue weighted by Gasteiger charge is 2.11. The summed E-state index contributed by atoms with van der Waals surface area (Å²) in [7, 11) is 0. The molecule has 0 fully saturated rings. The SMILES string of the molecule is Cc1cc(NC(=O)CSCC(=O)NC(C)c2cccnc2)no1. The average Bonchev–Trinajstić information content (AvgIpc) is 2.93. The van der Waals surface area contributed by atoms with Crippen molar-refractivity contribution in [2.24, 2.45) is 0 Å². The van der Waals surface area contributed by atoms with Gasteiger partial charge in [0.2, 0.25) is 11.8 Å². The Labute approximate surface area is 138 Å². The normalized spacial score (nSPS) is 11.7. The Morgan fingerprint density at radius 2 is 2.13 bits per heavy atom. The van der Waals surface area contributed by atoms with Gasteiger partial charge in [-0.2, -0.15) is 0 Å². The number of nitrogens with zero attached hydrogens (tertiary/aromatic N) is 2. The Hall–Kier alpha value is -2.35. The Kier molecular flexibility index (Phi) is 6.16. The molecule has 1 atom stereocenters. The lowest BCUT2D eigenvalue weighted by Crippen LogP contribution is -2.28. The third kappa shape index (κ3) is 5.74. The van der Waals surface area contributed by atoms with Crippen LogP contribution in [0.2, 0.25) is 0 Å². The second-order valence-electron chi connectivity index (χ2n) is 4.94. The molecule has 8 heteroatoms. The van der Waals surface area contributed by atoms with E-state index in [0.29, 0.717) is 11.6 Å². The van der Waals surface area contributed by atoms with Gasteiger partial charge >= 0.3 is 0 Å². The highest BCUT2D eigenvalue weighted by Crippen LogP contribution is 2.11. The minimum Gasteiger partial charge on any atom is -0.360 e. The molecule has 0 radical (unpaired) electrons. The molecule has 2 rings (SSSR count). The second-order valence-corrected chi connectivity index (χ2v) is 5.92. The number of hydrogen-bond acceptors (Lipinski definition) is 6. The van der Waals surface area contributed by atoms with Crippen LogP contribution in [0.15, 0.2) is 35.1 Å². The first-order chi connectivity index (χ1) is 11.0. The van der Waals surface area contributed by atoms with E-state index in [4.69, 9.17) is 4.52 Å². The maximum Gasteiger partial charge on any atom is 0.235 e. The average molecular weight is 334 g/mol. The van der Waals surface area contributed by atoms with E-state index in [1.54, 1.807) is 25.4 Å². The summed E-state index contributed by atoms with van der Waals surface area (Å²) < 4.78 is 4.85. The lowest BCUT2D eigenvalue weighted by Gasteiger charge is -2.13. The number of aromatic nitrogens is 2. The van der Waals surface area contributed by atoms with Crippen molar-refractivity contribution >= 4 is 29.4 Å². The fourth-order valence-electron chi connectivity index (χ4n) is 1.84. The van der Waals surface area contributed by atoms with E-state index < -0.39 is 0 Å². The number of amides is 2. The predicted molar refractivity (Wildman–Crippen MR) is 88.0 cm³/mol. The zero-order chi connectivity index (χ0) is 16.7. The summed E-state index contributed by atoms with van der Waals surface area (Å²) in [4.78, 5) is 27.6. The van der Waals surface area contributed by atoms with Crippen LogP contribution in [0.25, 0.3) is 0 Å². The van der Waals surface area contributed by atoms with E-state index in [2.05, 4.69) is 20.8 Å². The first kappa shape index (κ1) is 17.0. The molecule has 23 heavy (non-hydrogen) atoms. The Morgan fingerprint density at radius 1 is 1.35 bits per heavy atom.